The van der Waals surface area contributed by atoms with E-state index in [0.29, 0.717) is 6.04 Å². The third-order valence-electron chi connectivity index (χ3n) is 6.61. The average molecular weight is 405 g/mol. The zero-order valence-electron chi connectivity index (χ0n) is 18.0. The van der Waals surface area contributed by atoms with E-state index in [1.54, 1.807) is 28.4 Å². The van der Waals surface area contributed by atoms with Gasteiger partial charge >= 0.3 is 0 Å². The monoisotopic (exact) mass is 405 g/mol. The first-order valence-electron chi connectivity index (χ1n) is 10.3. The lowest BCUT2D eigenvalue weighted by atomic mass is 9.83. The van der Waals surface area contributed by atoms with Gasteiger partial charge in [-0.05, 0) is 75.9 Å². The van der Waals surface area contributed by atoms with Gasteiger partial charge in [-0.3, -0.25) is 4.90 Å². The summed E-state index contributed by atoms with van der Waals surface area (Å²) >= 11 is 0. The number of nitrogens with zero attached hydrogens (tertiary/aromatic N) is 1. The molecule has 0 spiro atoms. The lowest BCUT2D eigenvalue weighted by molar-refractivity contribution is 0.134. The van der Waals surface area contributed by atoms with Crippen molar-refractivity contribution in [1.29, 1.82) is 0 Å². The van der Waals surface area contributed by atoms with Crippen LogP contribution in [0.1, 0.15) is 17.5 Å². The number of hydrogen-bond acceptors (Lipinski definition) is 5. The molecule has 0 aromatic heterocycles. The van der Waals surface area contributed by atoms with Gasteiger partial charge in [-0.25, -0.2) is 0 Å². The highest BCUT2D eigenvalue weighted by Gasteiger charge is 2.32. The summed E-state index contributed by atoms with van der Waals surface area (Å²) in [6.45, 7) is 1.77. The summed E-state index contributed by atoms with van der Waals surface area (Å²) in [4.78, 5) is 2.54. The molecule has 2 aliphatic heterocycles. The van der Waals surface area contributed by atoms with Crippen molar-refractivity contribution in [3.05, 3.63) is 53.3 Å². The van der Waals surface area contributed by atoms with Crippen molar-refractivity contribution in [2.45, 2.75) is 25.4 Å². The van der Waals surface area contributed by atoms with E-state index in [-0.39, 0.29) is 0 Å². The van der Waals surface area contributed by atoms with Gasteiger partial charge in [-0.2, -0.15) is 0 Å². The Kier molecular flexibility index (Phi) is 4.70. The second kappa shape index (κ2) is 7.40. The van der Waals surface area contributed by atoms with Gasteiger partial charge in [0, 0.05) is 12.6 Å². The quantitative estimate of drug-likeness (QED) is 0.590. The first-order chi connectivity index (χ1) is 14.7. The predicted molar refractivity (Wildman–Crippen MR) is 119 cm³/mol. The summed E-state index contributed by atoms with van der Waals surface area (Å²) < 4.78 is 22.3. The minimum absolute atomic E-state index is 0.489. The Labute approximate surface area is 176 Å². The smallest absolute Gasteiger partial charge is 0.161 e. The fourth-order valence-corrected chi connectivity index (χ4v) is 5.02. The average Bonchev–Trinajstić information content (AvgIpc) is 2.81. The lowest BCUT2D eigenvalue weighted by Gasteiger charge is -2.40. The van der Waals surface area contributed by atoms with Crippen molar-refractivity contribution >= 4 is 21.5 Å². The molecule has 0 fully saturated rings. The van der Waals surface area contributed by atoms with Crippen LogP contribution < -0.4 is 14.2 Å². The van der Waals surface area contributed by atoms with Gasteiger partial charge in [0.15, 0.2) is 11.5 Å². The Balaban J connectivity index is 1.79. The van der Waals surface area contributed by atoms with Crippen LogP contribution in [0.15, 0.2) is 42.2 Å². The molecule has 0 aliphatic carbocycles. The number of hydrogen-bond donors (Lipinski definition) is 0. The first kappa shape index (κ1) is 19.1. The molecule has 1 atom stereocenters. The molecule has 3 aromatic carbocycles. The molecule has 30 heavy (non-hydrogen) atoms. The van der Waals surface area contributed by atoms with E-state index in [2.05, 4.69) is 41.3 Å². The largest absolute Gasteiger partial charge is 0.500 e. The van der Waals surface area contributed by atoms with Crippen molar-refractivity contribution in [1.82, 2.24) is 4.90 Å². The highest BCUT2D eigenvalue weighted by molar-refractivity contribution is 6.12. The molecule has 0 bridgehead atoms. The van der Waals surface area contributed by atoms with Gasteiger partial charge in [-0.15, -0.1) is 0 Å². The fourth-order valence-electron chi connectivity index (χ4n) is 5.02. The third-order valence-corrected chi connectivity index (χ3v) is 6.61. The van der Waals surface area contributed by atoms with E-state index in [9.17, 15) is 0 Å². The first-order valence-corrected chi connectivity index (χ1v) is 10.3. The van der Waals surface area contributed by atoms with E-state index in [1.807, 2.05) is 0 Å². The predicted octanol–water partition coefficient (Wildman–Crippen LogP) is 4.68. The molecular formula is C25H27NO4. The van der Waals surface area contributed by atoms with Crippen LogP contribution in [0.4, 0.5) is 0 Å². The molecule has 0 N–H and O–H groups in total. The normalized spacial score (nSPS) is 18.5. The molecule has 3 aromatic rings. The summed E-state index contributed by atoms with van der Waals surface area (Å²) in [7, 11) is 6.85. The summed E-state index contributed by atoms with van der Waals surface area (Å²) in [5.74, 6) is 3.43. The Bertz CT molecular complexity index is 1170. The van der Waals surface area contributed by atoms with Crippen LogP contribution in [0.2, 0.25) is 0 Å². The number of methoxy groups -OCH3 is 4. The highest BCUT2D eigenvalue weighted by Crippen LogP contribution is 2.44. The van der Waals surface area contributed by atoms with Gasteiger partial charge in [0.2, 0.25) is 0 Å². The molecule has 5 rings (SSSR count). The molecular weight excluding hydrogens is 378 g/mol. The second-order valence-electron chi connectivity index (χ2n) is 7.99. The van der Waals surface area contributed by atoms with Crippen LogP contribution >= 0.6 is 0 Å². The van der Waals surface area contributed by atoms with Crippen LogP contribution in [0, 0.1) is 0 Å². The molecule has 5 nitrogen and oxygen atoms in total. The van der Waals surface area contributed by atoms with E-state index in [0.717, 1.165) is 48.9 Å². The molecule has 5 heteroatoms. The molecule has 2 heterocycles. The Morgan fingerprint density at radius 3 is 2.17 bits per heavy atom. The summed E-state index contributed by atoms with van der Waals surface area (Å²) in [6, 6.07) is 11.1. The number of ether oxygens (including phenoxy) is 4. The van der Waals surface area contributed by atoms with Crippen LogP contribution in [-0.2, 0) is 17.7 Å². The lowest BCUT2D eigenvalue weighted by Crippen LogP contribution is -2.43. The zero-order chi connectivity index (χ0) is 20.8. The Morgan fingerprint density at radius 2 is 1.47 bits per heavy atom. The maximum Gasteiger partial charge on any atom is 0.161 e. The van der Waals surface area contributed by atoms with Crippen LogP contribution in [-0.4, -0.2) is 45.9 Å². The number of fused-ring (bicyclic) bond motifs is 7. The number of rotatable bonds is 4. The Morgan fingerprint density at radius 1 is 0.733 bits per heavy atom. The fraction of sp³-hybridized carbons (Fsp3) is 0.360. The molecule has 0 amide bonds. The Hall–Kier alpha value is -2.92. The van der Waals surface area contributed by atoms with Gasteiger partial charge in [0.1, 0.15) is 11.5 Å². The maximum absolute atomic E-state index is 5.64. The second-order valence-corrected chi connectivity index (χ2v) is 7.99. The number of benzene rings is 3. The third kappa shape index (κ3) is 2.88. The molecule has 1 unspecified atom stereocenters. The van der Waals surface area contributed by atoms with E-state index < -0.39 is 0 Å². The molecule has 156 valence electrons. The van der Waals surface area contributed by atoms with Crippen LogP contribution in [0.3, 0.4) is 0 Å². The molecule has 0 saturated carbocycles. The topological polar surface area (TPSA) is 40.2 Å². The van der Waals surface area contributed by atoms with E-state index >= 15 is 0 Å². The van der Waals surface area contributed by atoms with Gasteiger partial charge < -0.3 is 18.9 Å². The molecule has 0 saturated heterocycles. The molecule has 2 aliphatic rings. The van der Waals surface area contributed by atoms with E-state index in [1.165, 1.54) is 32.7 Å². The van der Waals surface area contributed by atoms with Crippen molar-refractivity contribution in [2.75, 3.05) is 35.0 Å². The van der Waals surface area contributed by atoms with Crippen LogP contribution in [0.25, 0.3) is 21.5 Å². The van der Waals surface area contributed by atoms with E-state index in [4.69, 9.17) is 18.9 Å². The summed E-state index contributed by atoms with van der Waals surface area (Å²) in [5, 5.41) is 4.88. The van der Waals surface area contributed by atoms with Crippen molar-refractivity contribution in [3.63, 3.8) is 0 Å². The highest BCUT2D eigenvalue weighted by atomic mass is 16.5. The van der Waals surface area contributed by atoms with Crippen LogP contribution in [0.5, 0.6) is 17.2 Å². The summed E-state index contributed by atoms with van der Waals surface area (Å²) in [5.41, 5.74) is 2.81. The molecule has 0 radical (unpaired) electrons. The maximum atomic E-state index is 5.64. The minimum atomic E-state index is 0.489. The van der Waals surface area contributed by atoms with Crippen molar-refractivity contribution < 1.29 is 18.9 Å². The van der Waals surface area contributed by atoms with Gasteiger partial charge in [-0.1, -0.05) is 6.07 Å². The standard InChI is InChI=1S/C25H27NO4/c1-27-16-7-8-18-20(10-16)22-12-25(30-4)24(29-3)11-21(22)19-9-15-5-6-17(28-2)13-26(15)14-23(18)19/h6-8,10-12,15H,5,9,13-14H2,1-4H3. The van der Waals surface area contributed by atoms with Crippen molar-refractivity contribution in [2.24, 2.45) is 0 Å². The minimum Gasteiger partial charge on any atom is -0.500 e. The SMILES string of the molecule is COC1=CCC2Cc3c(c4ccc(OC)cc4c4cc(OC)c(OC)cc34)CN2C1. The van der Waals surface area contributed by atoms with Gasteiger partial charge in [0.25, 0.3) is 0 Å². The van der Waals surface area contributed by atoms with Gasteiger partial charge in [0.05, 0.1) is 35.0 Å². The van der Waals surface area contributed by atoms with Crippen molar-refractivity contribution in [3.8, 4) is 17.2 Å². The zero-order valence-corrected chi connectivity index (χ0v) is 18.0. The summed E-state index contributed by atoms with van der Waals surface area (Å²) in [6.07, 6.45) is 4.26.